The van der Waals surface area contributed by atoms with E-state index in [-0.39, 0.29) is 34.4 Å². The number of hydrogen-bond donors (Lipinski definition) is 2. The van der Waals surface area contributed by atoms with Gasteiger partial charge in [0.2, 0.25) is 0 Å². The van der Waals surface area contributed by atoms with Crippen LogP contribution in [0.1, 0.15) is 30.9 Å². The van der Waals surface area contributed by atoms with Gasteiger partial charge in [-0.3, -0.25) is 4.79 Å². The van der Waals surface area contributed by atoms with Gasteiger partial charge in [0.05, 0.1) is 11.3 Å². The van der Waals surface area contributed by atoms with Crippen LogP contribution in [0.5, 0.6) is 11.5 Å². The molecule has 7 nitrogen and oxygen atoms in total. The number of carbonyl (C=O) groups is 2. The number of aromatic hydroxyl groups is 1. The Kier molecular flexibility index (Phi) is 4.75. The highest BCUT2D eigenvalue weighted by atomic mass is 19.4. The minimum Gasteiger partial charge on any atom is -0.504 e. The average molecular weight is 481 g/mol. The minimum atomic E-state index is -5.08. The van der Waals surface area contributed by atoms with Crippen molar-refractivity contribution in [2.24, 2.45) is 11.3 Å². The number of carboxylic acids is 1. The molecule has 1 aromatic carbocycles. The lowest BCUT2D eigenvalue weighted by molar-refractivity contribution is -0.212. The van der Waals surface area contributed by atoms with Gasteiger partial charge in [0.15, 0.2) is 11.5 Å². The maximum absolute atomic E-state index is 12.7. The summed E-state index contributed by atoms with van der Waals surface area (Å²) >= 11 is 0. The number of halogens is 3. The number of rotatable bonds is 2. The highest BCUT2D eigenvalue weighted by Gasteiger charge is 2.79. The summed E-state index contributed by atoms with van der Waals surface area (Å²) in [6, 6.07) is 4.15. The number of aliphatic carboxylic acids is 1. The molecule has 2 N–H and O–H groups in total. The van der Waals surface area contributed by atoms with Gasteiger partial charge in [0, 0.05) is 24.1 Å². The second-order valence-electron chi connectivity index (χ2n) is 9.97. The Hall–Kier alpha value is -2.59. The molecule has 7 rings (SSSR count). The Labute approximate surface area is 194 Å². The largest absolute Gasteiger partial charge is 0.504 e. The smallest absolute Gasteiger partial charge is 0.490 e. The maximum Gasteiger partial charge on any atom is 0.490 e. The van der Waals surface area contributed by atoms with E-state index in [1.807, 2.05) is 0 Å². The number of phenolic OH excluding ortho intramolecular Hbond substituents is 1. The molecule has 1 aromatic rings. The van der Waals surface area contributed by atoms with Crippen molar-refractivity contribution in [3.63, 3.8) is 0 Å². The number of Topliss-reactive ketones (excluding diaryl/α,β-unsaturated/α-hetero) is 1. The Balaban J connectivity index is 0.000000304. The van der Waals surface area contributed by atoms with Crippen molar-refractivity contribution in [3.8, 4) is 11.5 Å². The molecule has 6 atom stereocenters. The predicted molar refractivity (Wildman–Crippen MR) is 113 cm³/mol. The number of carbonyl (C=O) groups excluding carboxylic acids is 1. The van der Waals surface area contributed by atoms with Gasteiger partial charge >= 0.3 is 12.1 Å². The number of piperidine rings is 1. The van der Waals surface area contributed by atoms with E-state index in [0.717, 1.165) is 25.8 Å². The first-order chi connectivity index (χ1) is 15.9. The van der Waals surface area contributed by atoms with Gasteiger partial charge in [-0.2, -0.15) is 13.2 Å². The first-order valence-corrected chi connectivity index (χ1v) is 11.1. The third-order valence-corrected chi connectivity index (χ3v) is 8.81. The number of likely N-dealkylation sites (N-methyl/N-ethyl adjacent to an activating group) is 1. The number of hydrogen-bond acceptors (Lipinski definition) is 6. The van der Waals surface area contributed by atoms with Crippen molar-refractivity contribution >= 4 is 11.8 Å². The van der Waals surface area contributed by atoms with Crippen molar-refractivity contribution in [1.82, 2.24) is 4.90 Å². The van der Waals surface area contributed by atoms with E-state index < -0.39 is 17.7 Å². The number of phenols is 1. The number of benzene rings is 1. The summed E-state index contributed by atoms with van der Waals surface area (Å²) in [7, 11) is 3.89. The number of nitrogens with zero attached hydrogens (tertiary/aromatic N) is 1. The summed E-state index contributed by atoms with van der Waals surface area (Å²) in [5.41, 5.74) is 1.30. The zero-order valence-corrected chi connectivity index (χ0v) is 19.0. The van der Waals surface area contributed by atoms with E-state index in [9.17, 15) is 23.1 Å². The third kappa shape index (κ3) is 2.55. The van der Waals surface area contributed by atoms with E-state index in [2.05, 4.69) is 30.2 Å². The fourth-order valence-electron chi connectivity index (χ4n) is 7.52. The molecule has 6 aliphatic rings. The number of ether oxygens (including phenoxy) is 2. The number of likely N-dealkylation sites (tertiary alicyclic amines) is 1. The van der Waals surface area contributed by atoms with Crippen molar-refractivity contribution < 1.29 is 42.4 Å². The van der Waals surface area contributed by atoms with Gasteiger partial charge in [-0.1, -0.05) is 18.2 Å². The zero-order chi connectivity index (χ0) is 24.8. The molecule has 4 bridgehead atoms. The van der Waals surface area contributed by atoms with Crippen LogP contribution < -0.4 is 4.74 Å². The van der Waals surface area contributed by atoms with E-state index in [4.69, 9.17) is 19.4 Å². The van der Waals surface area contributed by atoms with Crippen LogP contribution >= 0.6 is 0 Å². The molecular weight excluding hydrogens is 455 g/mol. The topological polar surface area (TPSA) is 96.3 Å². The van der Waals surface area contributed by atoms with Gasteiger partial charge < -0.3 is 24.6 Å². The minimum absolute atomic E-state index is 0.158. The highest BCUT2D eigenvalue weighted by molar-refractivity contribution is 5.82. The molecule has 0 unspecified atom stereocenters. The highest BCUT2D eigenvalue weighted by Crippen LogP contribution is 2.74. The third-order valence-electron chi connectivity index (χ3n) is 8.81. The molecule has 10 heteroatoms. The summed E-state index contributed by atoms with van der Waals surface area (Å²) in [4.78, 5) is 24.1. The molecule has 4 aliphatic carbocycles. The molecule has 2 fully saturated rings. The molecule has 2 spiro atoms. The van der Waals surface area contributed by atoms with Crippen LogP contribution in [-0.4, -0.2) is 71.5 Å². The van der Waals surface area contributed by atoms with Gasteiger partial charge in [-0.15, -0.1) is 0 Å². The quantitative estimate of drug-likeness (QED) is 0.627. The lowest BCUT2D eigenvalue weighted by atomic mass is 9.37. The Bertz CT molecular complexity index is 1120. The van der Waals surface area contributed by atoms with Crippen LogP contribution in [0.15, 0.2) is 24.3 Å². The van der Waals surface area contributed by atoms with Crippen LogP contribution in [0.2, 0.25) is 0 Å². The van der Waals surface area contributed by atoms with Crippen molar-refractivity contribution in [2.75, 3.05) is 20.7 Å². The number of alkyl halides is 3. The Morgan fingerprint density at radius 3 is 2.53 bits per heavy atom. The molecule has 1 saturated carbocycles. The summed E-state index contributed by atoms with van der Waals surface area (Å²) in [6.07, 6.45) is 1.76. The molecule has 0 aromatic heterocycles. The van der Waals surface area contributed by atoms with Crippen molar-refractivity contribution in [3.05, 3.63) is 35.4 Å². The average Bonchev–Trinajstić information content (AvgIpc) is 3.15. The number of fused-ring (bicyclic) bond motifs is 1. The number of carboxylic acid groups (broad SMARTS) is 1. The van der Waals surface area contributed by atoms with E-state index >= 15 is 0 Å². The molecule has 0 radical (unpaired) electrons. The molecule has 0 amide bonds. The zero-order valence-electron chi connectivity index (χ0n) is 19.0. The standard InChI is InChI=1S/C22H25NO4.C2HF3O2/c1-12(24)14-11-20-6-7-22(14,26-3)19-21(20)8-9-23(2)16(20)10-13-4-5-15(25)18(27-19)17(13)21;3-2(4,5)1(6)7/h4-7,14,16,19,25H,8-11H2,1-3H3;(H,6,7)/t14-,16+,19+,20+,21-,22+;/m0./s1. The summed E-state index contributed by atoms with van der Waals surface area (Å²) in [6.45, 7) is 2.66. The van der Waals surface area contributed by atoms with Crippen LogP contribution in [0.4, 0.5) is 13.2 Å². The normalized spacial score (nSPS) is 38.5. The van der Waals surface area contributed by atoms with Crippen LogP contribution in [-0.2, 0) is 26.2 Å². The SMILES string of the molecule is CO[C@]12C=C[C@@]3(C[C@H]1C(C)=O)[C@H]1Cc4ccc(O)c5c4[C@@]3(CCN1C)[C@H]2O5.O=C(O)C(F)(F)F. The lowest BCUT2D eigenvalue weighted by Crippen LogP contribution is -2.79. The monoisotopic (exact) mass is 481 g/mol. The van der Waals surface area contributed by atoms with Gasteiger partial charge in [0.25, 0.3) is 0 Å². The fourth-order valence-corrected chi connectivity index (χ4v) is 7.52. The summed E-state index contributed by atoms with van der Waals surface area (Å²) in [5.74, 6) is -2.00. The molecule has 184 valence electrons. The van der Waals surface area contributed by atoms with Crippen LogP contribution in [0, 0.1) is 11.3 Å². The van der Waals surface area contributed by atoms with Crippen molar-refractivity contribution in [1.29, 1.82) is 0 Å². The second kappa shape index (κ2) is 6.97. The first kappa shape index (κ1) is 23.2. The molecule has 1 saturated heterocycles. The van der Waals surface area contributed by atoms with E-state index in [1.54, 1.807) is 20.1 Å². The predicted octanol–water partition coefficient (Wildman–Crippen LogP) is 2.83. The fraction of sp³-hybridized carbons (Fsp3) is 0.583. The molecule has 2 aliphatic heterocycles. The van der Waals surface area contributed by atoms with Crippen molar-refractivity contribution in [2.45, 2.75) is 55.5 Å². The van der Waals surface area contributed by atoms with E-state index in [0.29, 0.717) is 11.8 Å². The maximum atomic E-state index is 12.7. The number of ketones is 1. The van der Waals surface area contributed by atoms with Gasteiger partial charge in [-0.25, -0.2) is 4.79 Å². The number of methoxy groups -OCH3 is 1. The van der Waals surface area contributed by atoms with E-state index in [1.165, 1.54) is 11.1 Å². The first-order valence-electron chi connectivity index (χ1n) is 11.1. The molecular formula is C24H26F3NO6. The Morgan fingerprint density at radius 1 is 1.26 bits per heavy atom. The molecule has 34 heavy (non-hydrogen) atoms. The Morgan fingerprint density at radius 2 is 1.94 bits per heavy atom. The second-order valence-corrected chi connectivity index (χ2v) is 9.97. The summed E-state index contributed by atoms with van der Waals surface area (Å²) < 4.78 is 44.4. The van der Waals surface area contributed by atoms with Gasteiger partial charge in [0.1, 0.15) is 17.5 Å². The van der Waals surface area contributed by atoms with Gasteiger partial charge in [-0.05, 0) is 51.4 Å². The molecule has 2 heterocycles. The van der Waals surface area contributed by atoms with Crippen LogP contribution in [0.3, 0.4) is 0 Å². The lowest BCUT2D eigenvalue weighted by Gasteiger charge is -2.70. The summed E-state index contributed by atoms with van der Waals surface area (Å²) in [5, 5.41) is 17.7. The van der Waals surface area contributed by atoms with Crippen LogP contribution in [0.25, 0.3) is 0 Å².